The standard InChI is InChI=1S/C14H12ClFO/c1-10-8-12(16)6-7-13(10)17-14-5-3-2-4-11(14)9-15/h2-8H,9H2,1H3. The van der Waals surface area contributed by atoms with Gasteiger partial charge in [0.2, 0.25) is 0 Å². The Morgan fingerprint density at radius 3 is 2.59 bits per heavy atom. The molecule has 0 heterocycles. The summed E-state index contributed by atoms with van der Waals surface area (Å²) >= 11 is 5.82. The molecule has 0 bridgehead atoms. The van der Waals surface area contributed by atoms with E-state index < -0.39 is 0 Å². The van der Waals surface area contributed by atoms with Crippen LogP contribution in [-0.2, 0) is 5.88 Å². The Balaban J connectivity index is 2.31. The van der Waals surface area contributed by atoms with Crippen molar-refractivity contribution in [3.8, 4) is 11.5 Å². The maximum atomic E-state index is 13.0. The van der Waals surface area contributed by atoms with Crippen molar-refractivity contribution in [1.29, 1.82) is 0 Å². The fourth-order valence-electron chi connectivity index (χ4n) is 1.56. The molecule has 0 aliphatic heterocycles. The molecule has 2 aromatic rings. The molecule has 0 aliphatic carbocycles. The summed E-state index contributed by atoms with van der Waals surface area (Å²) in [6, 6.07) is 12.0. The van der Waals surface area contributed by atoms with Crippen LogP contribution in [0.5, 0.6) is 11.5 Å². The van der Waals surface area contributed by atoms with E-state index in [1.54, 1.807) is 6.07 Å². The highest BCUT2D eigenvalue weighted by Gasteiger charge is 2.06. The second-order valence-corrected chi connectivity index (χ2v) is 4.02. The largest absolute Gasteiger partial charge is 0.457 e. The first kappa shape index (κ1) is 11.9. The number of hydrogen-bond acceptors (Lipinski definition) is 1. The quantitative estimate of drug-likeness (QED) is 0.720. The van der Waals surface area contributed by atoms with Gasteiger partial charge >= 0.3 is 0 Å². The lowest BCUT2D eigenvalue weighted by atomic mass is 10.2. The van der Waals surface area contributed by atoms with Crippen molar-refractivity contribution in [2.45, 2.75) is 12.8 Å². The first-order valence-corrected chi connectivity index (χ1v) is 5.82. The highest BCUT2D eigenvalue weighted by molar-refractivity contribution is 6.17. The van der Waals surface area contributed by atoms with Gasteiger partial charge in [-0.2, -0.15) is 0 Å². The minimum Gasteiger partial charge on any atom is -0.457 e. The number of para-hydroxylation sites is 1. The lowest BCUT2D eigenvalue weighted by Gasteiger charge is -2.11. The molecule has 0 aromatic heterocycles. The SMILES string of the molecule is Cc1cc(F)ccc1Oc1ccccc1CCl. The molecule has 0 unspecified atom stereocenters. The van der Waals surface area contributed by atoms with Gasteiger partial charge in [0.1, 0.15) is 17.3 Å². The van der Waals surface area contributed by atoms with Gasteiger partial charge in [-0.3, -0.25) is 0 Å². The summed E-state index contributed by atoms with van der Waals surface area (Å²) in [6.45, 7) is 1.81. The zero-order chi connectivity index (χ0) is 12.3. The molecule has 2 aromatic carbocycles. The van der Waals surface area contributed by atoms with Crippen LogP contribution in [0.3, 0.4) is 0 Å². The summed E-state index contributed by atoms with van der Waals surface area (Å²) in [5.41, 5.74) is 1.67. The fourth-order valence-corrected chi connectivity index (χ4v) is 1.78. The molecule has 88 valence electrons. The first-order valence-electron chi connectivity index (χ1n) is 5.28. The van der Waals surface area contributed by atoms with Gasteiger partial charge in [-0.1, -0.05) is 18.2 Å². The summed E-state index contributed by atoms with van der Waals surface area (Å²) in [6.07, 6.45) is 0. The number of halogens is 2. The highest BCUT2D eigenvalue weighted by Crippen LogP contribution is 2.28. The molecule has 0 saturated carbocycles. The number of benzene rings is 2. The average molecular weight is 251 g/mol. The van der Waals surface area contributed by atoms with Crippen LogP contribution in [0.2, 0.25) is 0 Å². The molecule has 0 saturated heterocycles. The van der Waals surface area contributed by atoms with Gasteiger partial charge in [0.15, 0.2) is 0 Å². The van der Waals surface area contributed by atoms with Crippen LogP contribution < -0.4 is 4.74 Å². The summed E-state index contributed by atoms with van der Waals surface area (Å²) in [5, 5.41) is 0. The summed E-state index contributed by atoms with van der Waals surface area (Å²) in [4.78, 5) is 0. The molecule has 0 spiro atoms. The third kappa shape index (κ3) is 2.77. The summed E-state index contributed by atoms with van der Waals surface area (Å²) in [5.74, 6) is 1.47. The molecule has 1 nitrogen and oxygen atoms in total. The lowest BCUT2D eigenvalue weighted by Crippen LogP contribution is -1.91. The monoisotopic (exact) mass is 250 g/mol. The molecule has 0 amide bonds. The Morgan fingerprint density at radius 1 is 1.12 bits per heavy atom. The number of alkyl halides is 1. The van der Waals surface area contributed by atoms with Crippen molar-refractivity contribution in [1.82, 2.24) is 0 Å². The third-order valence-electron chi connectivity index (χ3n) is 2.47. The van der Waals surface area contributed by atoms with E-state index >= 15 is 0 Å². The smallest absolute Gasteiger partial charge is 0.131 e. The van der Waals surface area contributed by atoms with Gasteiger partial charge in [-0.05, 0) is 36.8 Å². The topological polar surface area (TPSA) is 9.23 Å². The van der Waals surface area contributed by atoms with Crippen molar-refractivity contribution in [3.05, 3.63) is 59.4 Å². The van der Waals surface area contributed by atoms with Gasteiger partial charge in [0.25, 0.3) is 0 Å². The van der Waals surface area contributed by atoms with E-state index in [0.29, 0.717) is 17.4 Å². The minimum atomic E-state index is -0.263. The molecule has 3 heteroatoms. The van der Waals surface area contributed by atoms with Crippen LogP contribution >= 0.6 is 11.6 Å². The van der Waals surface area contributed by atoms with Crippen LogP contribution in [0, 0.1) is 12.7 Å². The van der Waals surface area contributed by atoms with Crippen molar-refractivity contribution in [2.24, 2.45) is 0 Å². The number of ether oxygens (including phenoxy) is 1. The van der Waals surface area contributed by atoms with Crippen molar-refractivity contribution in [3.63, 3.8) is 0 Å². The molecule has 17 heavy (non-hydrogen) atoms. The second-order valence-electron chi connectivity index (χ2n) is 3.75. The average Bonchev–Trinajstić information content (AvgIpc) is 2.33. The van der Waals surface area contributed by atoms with E-state index in [1.807, 2.05) is 31.2 Å². The van der Waals surface area contributed by atoms with Crippen molar-refractivity contribution >= 4 is 11.6 Å². The van der Waals surface area contributed by atoms with Crippen molar-refractivity contribution < 1.29 is 9.13 Å². The fraction of sp³-hybridized carbons (Fsp3) is 0.143. The Labute approximate surface area is 105 Å². The van der Waals surface area contributed by atoms with Crippen LogP contribution in [0.4, 0.5) is 4.39 Å². The normalized spacial score (nSPS) is 10.3. The maximum Gasteiger partial charge on any atom is 0.131 e. The molecule has 0 N–H and O–H groups in total. The zero-order valence-corrected chi connectivity index (χ0v) is 10.2. The number of hydrogen-bond donors (Lipinski definition) is 0. The lowest BCUT2D eigenvalue weighted by molar-refractivity contribution is 0.472. The Kier molecular flexibility index (Phi) is 3.64. The van der Waals surface area contributed by atoms with Crippen molar-refractivity contribution in [2.75, 3.05) is 0 Å². The van der Waals surface area contributed by atoms with Crippen LogP contribution in [0.25, 0.3) is 0 Å². The Bertz CT molecular complexity index is 525. The van der Waals surface area contributed by atoms with Crippen LogP contribution in [-0.4, -0.2) is 0 Å². The van der Waals surface area contributed by atoms with Gasteiger partial charge in [0.05, 0.1) is 5.88 Å². The van der Waals surface area contributed by atoms with E-state index in [1.165, 1.54) is 12.1 Å². The van der Waals surface area contributed by atoms with E-state index in [-0.39, 0.29) is 5.82 Å². The maximum absolute atomic E-state index is 13.0. The molecule has 0 aliphatic rings. The Hall–Kier alpha value is -1.54. The third-order valence-corrected chi connectivity index (χ3v) is 2.76. The molecular formula is C14H12ClFO. The van der Waals surface area contributed by atoms with Gasteiger partial charge in [-0.25, -0.2) is 4.39 Å². The van der Waals surface area contributed by atoms with Gasteiger partial charge in [0, 0.05) is 5.56 Å². The van der Waals surface area contributed by atoms with E-state index in [0.717, 1.165) is 11.1 Å². The zero-order valence-electron chi connectivity index (χ0n) is 9.41. The number of rotatable bonds is 3. The van der Waals surface area contributed by atoms with Crippen LogP contribution in [0.15, 0.2) is 42.5 Å². The van der Waals surface area contributed by atoms with Crippen LogP contribution in [0.1, 0.15) is 11.1 Å². The predicted octanol–water partition coefficient (Wildman–Crippen LogP) is 4.67. The predicted molar refractivity (Wildman–Crippen MR) is 67.2 cm³/mol. The minimum absolute atomic E-state index is 0.263. The highest BCUT2D eigenvalue weighted by atomic mass is 35.5. The van der Waals surface area contributed by atoms with E-state index in [9.17, 15) is 4.39 Å². The molecule has 0 fully saturated rings. The molecule has 0 atom stereocenters. The molecule has 0 radical (unpaired) electrons. The summed E-state index contributed by atoms with van der Waals surface area (Å²) in [7, 11) is 0. The molecular weight excluding hydrogens is 239 g/mol. The second kappa shape index (κ2) is 5.19. The Morgan fingerprint density at radius 2 is 1.88 bits per heavy atom. The van der Waals surface area contributed by atoms with Gasteiger partial charge in [-0.15, -0.1) is 11.6 Å². The van der Waals surface area contributed by atoms with Gasteiger partial charge < -0.3 is 4.74 Å². The van der Waals surface area contributed by atoms with E-state index in [4.69, 9.17) is 16.3 Å². The summed E-state index contributed by atoms with van der Waals surface area (Å²) < 4.78 is 18.7. The van der Waals surface area contributed by atoms with E-state index in [2.05, 4.69) is 0 Å². The number of aryl methyl sites for hydroxylation is 1. The molecule has 2 rings (SSSR count). The first-order chi connectivity index (χ1) is 8.20.